The van der Waals surface area contributed by atoms with Crippen LogP contribution in [0.1, 0.15) is 39.5 Å². The zero-order valence-electron chi connectivity index (χ0n) is 9.55. The van der Waals surface area contributed by atoms with Crippen molar-refractivity contribution in [3.8, 4) is 12.3 Å². The minimum atomic E-state index is -0.501. The first-order chi connectivity index (χ1) is 7.02. The first kappa shape index (κ1) is 10.5. The highest BCUT2D eigenvalue weighted by Gasteiger charge is 2.43. The lowest BCUT2D eigenvalue weighted by Gasteiger charge is -2.26. The third-order valence-corrected chi connectivity index (χ3v) is 3.87. The molecule has 1 amide bonds. The molecule has 0 heterocycles. The van der Waals surface area contributed by atoms with Crippen LogP contribution >= 0.6 is 0 Å². The van der Waals surface area contributed by atoms with Gasteiger partial charge >= 0.3 is 0 Å². The SMILES string of the molecule is C#CC(C)(C)NC(=O)C1CC2CCC1C2. The van der Waals surface area contributed by atoms with Crippen LogP contribution in [0.2, 0.25) is 0 Å². The van der Waals surface area contributed by atoms with E-state index in [2.05, 4.69) is 11.2 Å². The van der Waals surface area contributed by atoms with Gasteiger partial charge in [-0.1, -0.05) is 12.3 Å². The van der Waals surface area contributed by atoms with Crippen LogP contribution in [0.15, 0.2) is 0 Å². The molecule has 0 aliphatic heterocycles. The van der Waals surface area contributed by atoms with Crippen molar-refractivity contribution in [1.82, 2.24) is 5.32 Å². The highest BCUT2D eigenvalue weighted by Crippen LogP contribution is 2.48. The first-order valence-corrected chi connectivity index (χ1v) is 5.81. The second-order valence-corrected chi connectivity index (χ2v) is 5.54. The molecule has 0 spiro atoms. The summed E-state index contributed by atoms with van der Waals surface area (Å²) in [7, 11) is 0. The molecule has 2 saturated carbocycles. The van der Waals surface area contributed by atoms with Gasteiger partial charge in [0.2, 0.25) is 5.91 Å². The number of hydrogen-bond donors (Lipinski definition) is 1. The molecule has 0 aromatic heterocycles. The minimum absolute atomic E-state index is 0.171. The van der Waals surface area contributed by atoms with Gasteiger partial charge in [0, 0.05) is 5.92 Å². The summed E-state index contributed by atoms with van der Waals surface area (Å²) in [5.74, 6) is 4.45. The first-order valence-electron chi connectivity index (χ1n) is 5.81. The molecule has 2 fully saturated rings. The highest BCUT2D eigenvalue weighted by molar-refractivity contribution is 5.80. The van der Waals surface area contributed by atoms with Gasteiger partial charge in [-0.3, -0.25) is 4.79 Å². The van der Waals surface area contributed by atoms with Crippen molar-refractivity contribution >= 4 is 5.91 Å². The van der Waals surface area contributed by atoms with Crippen LogP contribution in [0.4, 0.5) is 0 Å². The monoisotopic (exact) mass is 205 g/mol. The van der Waals surface area contributed by atoms with Crippen LogP contribution in [-0.4, -0.2) is 11.4 Å². The lowest BCUT2D eigenvalue weighted by Crippen LogP contribution is -2.46. The van der Waals surface area contributed by atoms with Crippen molar-refractivity contribution in [2.75, 3.05) is 0 Å². The number of hydrogen-bond acceptors (Lipinski definition) is 1. The summed E-state index contributed by atoms with van der Waals surface area (Å²) in [6.07, 6.45) is 10.3. The molecule has 2 bridgehead atoms. The number of carbonyl (C=O) groups excluding carboxylic acids is 1. The second-order valence-electron chi connectivity index (χ2n) is 5.54. The molecule has 1 N–H and O–H groups in total. The van der Waals surface area contributed by atoms with E-state index in [4.69, 9.17) is 6.42 Å². The average molecular weight is 205 g/mol. The van der Waals surface area contributed by atoms with Crippen molar-refractivity contribution in [3.63, 3.8) is 0 Å². The van der Waals surface area contributed by atoms with Crippen molar-refractivity contribution < 1.29 is 4.79 Å². The molecule has 2 aliphatic rings. The lowest BCUT2D eigenvalue weighted by atomic mass is 9.87. The number of carbonyl (C=O) groups is 1. The van der Waals surface area contributed by atoms with E-state index >= 15 is 0 Å². The smallest absolute Gasteiger partial charge is 0.224 e. The Balaban J connectivity index is 1.96. The third kappa shape index (κ3) is 2.02. The molecular formula is C13H19NO. The zero-order chi connectivity index (χ0) is 11.1. The number of amides is 1. The van der Waals surface area contributed by atoms with Crippen LogP contribution in [0.3, 0.4) is 0 Å². The topological polar surface area (TPSA) is 29.1 Å². The molecule has 0 aromatic rings. The maximum Gasteiger partial charge on any atom is 0.224 e. The Kier molecular flexibility index (Phi) is 2.50. The summed E-state index contributed by atoms with van der Waals surface area (Å²) in [5, 5.41) is 2.96. The van der Waals surface area contributed by atoms with Gasteiger partial charge < -0.3 is 5.32 Å². The molecule has 2 rings (SSSR count). The molecule has 0 aromatic carbocycles. The normalized spacial score (nSPS) is 33.8. The second kappa shape index (κ2) is 3.56. The van der Waals surface area contributed by atoms with Crippen LogP contribution < -0.4 is 5.32 Å². The molecule has 0 radical (unpaired) electrons. The van der Waals surface area contributed by atoms with E-state index < -0.39 is 5.54 Å². The van der Waals surface area contributed by atoms with Crippen molar-refractivity contribution in [2.45, 2.75) is 45.1 Å². The minimum Gasteiger partial charge on any atom is -0.340 e. The Bertz CT molecular complexity index is 313. The molecule has 0 saturated heterocycles. The number of rotatable bonds is 2. The Morgan fingerprint density at radius 3 is 2.60 bits per heavy atom. The van der Waals surface area contributed by atoms with Gasteiger partial charge in [-0.15, -0.1) is 6.42 Å². The van der Waals surface area contributed by atoms with E-state index in [-0.39, 0.29) is 11.8 Å². The Labute approximate surface area is 91.8 Å². The van der Waals surface area contributed by atoms with E-state index in [9.17, 15) is 4.79 Å². The van der Waals surface area contributed by atoms with Gasteiger partial charge in [0.25, 0.3) is 0 Å². The summed E-state index contributed by atoms with van der Waals surface area (Å²) >= 11 is 0. The van der Waals surface area contributed by atoms with E-state index in [1.165, 1.54) is 19.3 Å². The van der Waals surface area contributed by atoms with Crippen molar-refractivity contribution in [3.05, 3.63) is 0 Å². The van der Waals surface area contributed by atoms with Gasteiger partial charge in [-0.2, -0.15) is 0 Å². The van der Waals surface area contributed by atoms with Crippen LogP contribution in [0.25, 0.3) is 0 Å². The molecule has 3 unspecified atom stereocenters. The fourth-order valence-corrected chi connectivity index (χ4v) is 3.00. The van der Waals surface area contributed by atoms with Gasteiger partial charge in [0.1, 0.15) is 0 Å². The van der Waals surface area contributed by atoms with Crippen LogP contribution in [0, 0.1) is 30.1 Å². The third-order valence-electron chi connectivity index (χ3n) is 3.87. The maximum atomic E-state index is 12.0. The summed E-state index contributed by atoms with van der Waals surface area (Å²) in [5.41, 5.74) is -0.501. The number of terminal acetylenes is 1. The fraction of sp³-hybridized carbons (Fsp3) is 0.769. The predicted molar refractivity (Wildman–Crippen MR) is 60.0 cm³/mol. The van der Waals surface area contributed by atoms with E-state index in [0.717, 1.165) is 12.3 Å². The molecule has 15 heavy (non-hydrogen) atoms. The number of fused-ring (bicyclic) bond motifs is 2. The number of nitrogens with one attached hydrogen (secondary N) is 1. The van der Waals surface area contributed by atoms with Gasteiger partial charge in [0.15, 0.2) is 0 Å². The Morgan fingerprint density at radius 2 is 2.13 bits per heavy atom. The molecule has 2 heteroatoms. The highest BCUT2D eigenvalue weighted by atomic mass is 16.2. The van der Waals surface area contributed by atoms with Crippen molar-refractivity contribution in [2.24, 2.45) is 17.8 Å². The maximum absolute atomic E-state index is 12.0. The molecular weight excluding hydrogens is 186 g/mol. The fourth-order valence-electron chi connectivity index (χ4n) is 3.00. The van der Waals surface area contributed by atoms with Crippen LogP contribution in [-0.2, 0) is 4.79 Å². The Hall–Kier alpha value is -0.970. The Morgan fingerprint density at radius 1 is 1.40 bits per heavy atom. The quantitative estimate of drug-likeness (QED) is 0.686. The lowest BCUT2D eigenvalue weighted by molar-refractivity contribution is -0.127. The van der Waals surface area contributed by atoms with Gasteiger partial charge in [-0.25, -0.2) is 0 Å². The van der Waals surface area contributed by atoms with Gasteiger partial charge in [-0.05, 0) is 44.9 Å². The van der Waals surface area contributed by atoms with E-state index in [1.807, 2.05) is 13.8 Å². The molecule has 82 valence electrons. The predicted octanol–water partition coefficient (Wildman–Crippen LogP) is 1.95. The molecule has 2 aliphatic carbocycles. The summed E-state index contributed by atoms with van der Waals surface area (Å²) in [4.78, 5) is 12.0. The van der Waals surface area contributed by atoms with Crippen LogP contribution in [0.5, 0.6) is 0 Å². The largest absolute Gasteiger partial charge is 0.340 e. The van der Waals surface area contributed by atoms with E-state index in [1.54, 1.807) is 0 Å². The average Bonchev–Trinajstić information content (AvgIpc) is 2.78. The van der Waals surface area contributed by atoms with E-state index in [0.29, 0.717) is 5.92 Å². The summed E-state index contributed by atoms with van der Waals surface area (Å²) < 4.78 is 0. The molecule has 3 atom stereocenters. The summed E-state index contributed by atoms with van der Waals surface area (Å²) in [6, 6.07) is 0. The summed E-state index contributed by atoms with van der Waals surface area (Å²) in [6.45, 7) is 3.75. The van der Waals surface area contributed by atoms with Crippen molar-refractivity contribution in [1.29, 1.82) is 0 Å². The zero-order valence-corrected chi connectivity index (χ0v) is 9.55. The standard InChI is InChI=1S/C13H19NO/c1-4-13(2,3)14-12(15)11-8-9-5-6-10(11)7-9/h1,9-11H,5-8H2,2-3H3,(H,14,15). The molecule has 2 nitrogen and oxygen atoms in total. The van der Waals surface area contributed by atoms with Gasteiger partial charge in [0.05, 0.1) is 5.54 Å².